The molecule has 0 saturated heterocycles. The Morgan fingerprint density at radius 1 is 1.04 bits per heavy atom. The summed E-state index contributed by atoms with van der Waals surface area (Å²) in [6, 6.07) is 6.72. The lowest BCUT2D eigenvalue weighted by atomic mass is 10.1. The summed E-state index contributed by atoms with van der Waals surface area (Å²) < 4.78 is 0. The highest BCUT2D eigenvalue weighted by molar-refractivity contribution is 5.98. The Morgan fingerprint density at radius 3 is 2.39 bits per heavy atom. The molecule has 120 valence electrons. The number of nitrogens with zero attached hydrogens (tertiary/aromatic N) is 2. The molecule has 0 aliphatic rings. The maximum absolute atomic E-state index is 12.2. The number of nitrogens with one attached hydrogen (secondary N) is 2. The number of carbonyl (C=O) groups excluding carboxylic acids is 2. The van der Waals surface area contributed by atoms with Gasteiger partial charge in [0.25, 0.3) is 11.8 Å². The van der Waals surface area contributed by atoms with Crippen molar-refractivity contribution in [1.82, 2.24) is 20.6 Å². The predicted molar refractivity (Wildman–Crippen MR) is 86.9 cm³/mol. The molecule has 0 unspecified atom stereocenters. The van der Waals surface area contributed by atoms with Gasteiger partial charge < -0.3 is 10.6 Å². The average Bonchev–Trinajstić information content (AvgIpc) is 2.52. The Kier molecular flexibility index (Phi) is 5.05. The highest BCUT2D eigenvalue weighted by Gasteiger charge is 2.17. The number of hydrogen-bond donors (Lipinski definition) is 2. The zero-order valence-electron chi connectivity index (χ0n) is 13.5. The summed E-state index contributed by atoms with van der Waals surface area (Å²) in [4.78, 5) is 32.2. The first-order chi connectivity index (χ1) is 10.8. The molecule has 2 aromatic rings. The minimum Gasteiger partial charge on any atom is -0.348 e. The molecule has 0 spiro atoms. The van der Waals surface area contributed by atoms with Crippen molar-refractivity contribution in [2.45, 2.75) is 32.9 Å². The van der Waals surface area contributed by atoms with Crippen molar-refractivity contribution in [3.8, 4) is 0 Å². The minimum atomic E-state index is -0.363. The number of hydrogen-bond acceptors (Lipinski definition) is 4. The highest BCUT2D eigenvalue weighted by atomic mass is 16.2. The van der Waals surface area contributed by atoms with Gasteiger partial charge in [-0.3, -0.25) is 19.6 Å². The van der Waals surface area contributed by atoms with Gasteiger partial charge >= 0.3 is 0 Å². The Hall–Kier alpha value is -2.76. The smallest absolute Gasteiger partial charge is 0.270 e. The van der Waals surface area contributed by atoms with Gasteiger partial charge in [0.15, 0.2) is 0 Å². The Balaban J connectivity index is 2.04. The van der Waals surface area contributed by atoms with E-state index in [9.17, 15) is 9.59 Å². The van der Waals surface area contributed by atoms with E-state index >= 15 is 0 Å². The maximum Gasteiger partial charge on any atom is 0.270 e. The molecular weight excluding hydrogens is 292 g/mol. The zero-order valence-corrected chi connectivity index (χ0v) is 13.5. The van der Waals surface area contributed by atoms with Crippen molar-refractivity contribution in [2.24, 2.45) is 0 Å². The summed E-state index contributed by atoms with van der Waals surface area (Å²) in [5.74, 6) is -0.560. The third kappa shape index (κ3) is 5.18. The molecule has 2 heterocycles. The summed E-state index contributed by atoms with van der Waals surface area (Å²) in [6.45, 7) is 6.05. The molecule has 23 heavy (non-hydrogen) atoms. The van der Waals surface area contributed by atoms with Gasteiger partial charge in [-0.15, -0.1) is 0 Å². The summed E-state index contributed by atoms with van der Waals surface area (Å²) >= 11 is 0. The topological polar surface area (TPSA) is 84.0 Å². The number of aromatic nitrogens is 2. The van der Waals surface area contributed by atoms with Crippen molar-refractivity contribution in [1.29, 1.82) is 0 Å². The number of pyridine rings is 2. The summed E-state index contributed by atoms with van der Waals surface area (Å²) in [6.07, 6.45) is 4.80. The van der Waals surface area contributed by atoms with Crippen LogP contribution in [0.25, 0.3) is 0 Å². The molecule has 6 heteroatoms. The average molecular weight is 312 g/mol. The Morgan fingerprint density at radius 2 is 1.74 bits per heavy atom. The molecule has 0 fully saturated rings. The van der Waals surface area contributed by atoms with Crippen LogP contribution in [0.1, 0.15) is 47.2 Å². The van der Waals surface area contributed by atoms with Gasteiger partial charge in [0, 0.05) is 36.2 Å². The lowest BCUT2D eigenvalue weighted by Crippen LogP contribution is -2.41. The van der Waals surface area contributed by atoms with Crippen molar-refractivity contribution < 1.29 is 9.59 Å². The van der Waals surface area contributed by atoms with Gasteiger partial charge in [0.1, 0.15) is 5.69 Å². The lowest BCUT2D eigenvalue weighted by molar-refractivity contribution is 0.0914. The predicted octanol–water partition coefficient (Wildman–Crippen LogP) is 1.93. The van der Waals surface area contributed by atoms with Gasteiger partial charge in [-0.1, -0.05) is 0 Å². The van der Waals surface area contributed by atoms with Crippen LogP contribution in [0.2, 0.25) is 0 Å². The minimum absolute atomic E-state index is 0.219. The van der Waals surface area contributed by atoms with E-state index in [1.807, 2.05) is 32.9 Å². The van der Waals surface area contributed by atoms with Crippen LogP contribution in [0, 0.1) is 0 Å². The van der Waals surface area contributed by atoms with Gasteiger partial charge in [-0.2, -0.15) is 0 Å². The fourth-order valence-electron chi connectivity index (χ4n) is 1.89. The fraction of sp³-hybridized carbons (Fsp3) is 0.294. The lowest BCUT2D eigenvalue weighted by Gasteiger charge is -2.20. The molecule has 2 N–H and O–H groups in total. The second-order valence-electron chi connectivity index (χ2n) is 6.17. The number of amides is 2. The molecule has 0 atom stereocenters. The molecule has 0 aliphatic carbocycles. The normalized spacial score (nSPS) is 10.9. The van der Waals surface area contributed by atoms with E-state index < -0.39 is 0 Å². The van der Waals surface area contributed by atoms with Gasteiger partial charge in [0.05, 0.1) is 0 Å². The molecule has 0 bridgehead atoms. The quantitative estimate of drug-likeness (QED) is 0.903. The van der Waals surface area contributed by atoms with Gasteiger partial charge in [-0.05, 0) is 50.6 Å². The number of rotatable bonds is 4. The molecule has 2 amide bonds. The fourth-order valence-corrected chi connectivity index (χ4v) is 1.89. The summed E-state index contributed by atoms with van der Waals surface area (Å²) in [5, 5.41) is 5.62. The van der Waals surface area contributed by atoms with Crippen molar-refractivity contribution in [2.75, 3.05) is 0 Å². The van der Waals surface area contributed by atoms with Crippen LogP contribution >= 0.6 is 0 Å². The van der Waals surface area contributed by atoms with E-state index in [1.54, 1.807) is 18.5 Å². The van der Waals surface area contributed by atoms with Crippen LogP contribution in [0.5, 0.6) is 0 Å². The molecule has 6 nitrogen and oxygen atoms in total. The first kappa shape index (κ1) is 16.6. The van der Waals surface area contributed by atoms with Crippen molar-refractivity contribution in [3.63, 3.8) is 0 Å². The van der Waals surface area contributed by atoms with E-state index in [4.69, 9.17) is 0 Å². The Bertz CT molecular complexity index is 693. The number of carbonyl (C=O) groups is 2. The van der Waals surface area contributed by atoms with Crippen LogP contribution in [0.4, 0.5) is 0 Å². The van der Waals surface area contributed by atoms with Crippen LogP contribution in [-0.2, 0) is 6.54 Å². The van der Waals surface area contributed by atoms with E-state index in [2.05, 4.69) is 20.6 Å². The van der Waals surface area contributed by atoms with Crippen LogP contribution in [-0.4, -0.2) is 27.3 Å². The SMILES string of the molecule is CC(C)(C)NC(=O)c1cc(C(=O)NCc2ccncc2)ccn1. The van der Waals surface area contributed by atoms with Crippen LogP contribution < -0.4 is 10.6 Å². The van der Waals surface area contributed by atoms with Gasteiger partial charge in [-0.25, -0.2) is 0 Å². The van der Waals surface area contributed by atoms with E-state index in [0.29, 0.717) is 12.1 Å². The van der Waals surface area contributed by atoms with Crippen LogP contribution in [0.15, 0.2) is 42.9 Å². The first-order valence-corrected chi connectivity index (χ1v) is 7.31. The Labute approximate surface area is 135 Å². The third-order valence-electron chi connectivity index (χ3n) is 2.95. The van der Waals surface area contributed by atoms with Crippen LogP contribution in [0.3, 0.4) is 0 Å². The second-order valence-corrected chi connectivity index (χ2v) is 6.17. The zero-order chi connectivity index (χ0) is 16.9. The van der Waals surface area contributed by atoms with E-state index in [1.165, 1.54) is 12.3 Å². The molecular formula is C17H20N4O2. The van der Waals surface area contributed by atoms with E-state index in [0.717, 1.165) is 5.56 Å². The largest absolute Gasteiger partial charge is 0.348 e. The summed E-state index contributed by atoms with van der Waals surface area (Å²) in [7, 11) is 0. The van der Waals surface area contributed by atoms with Crippen molar-refractivity contribution >= 4 is 11.8 Å². The summed E-state index contributed by atoms with van der Waals surface area (Å²) in [5.41, 5.74) is 1.20. The molecule has 0 aromatic carbocycles. The monoisotopic (exact) mass is 312 g/mol. The molecule has 0 radical (unpaired) electrons. The first-order valence-electron chi connectivity index (χ1n) is 7.31. The maximum atomic E-state index is 12.2. The molecule has 2 aromatic heterocycles. The van der Waals surface area contributed by atoms with Crippen molar-refractivity contribution in [3.05, 3.63) is 59.7 Å². The molecule has 0 aliphatic heterocycles. The third-order valence-corrected chi connectivity index (χ3v) is 2.95. The molecule has 2 rings (SSSR count). The highest BCUT2D eigenvalue weighted by Crippen LogP contribution is 2.06. The standard InChI is InChI=1S/C17H20N4O2/c1-17(2,3)21-16(23)14-10-13(6-9-19-14)15(22)20-11-12-4-7-18-8-5-12/h4-10H,11H2,1-3H3,(H,20,22)(H,21,23). The molecule has 0 saturated carbocycles. The van der Waals surface area contributed by atoms with E-state index in [-0.39, 0.29) is 23.0 Å². The second kappa shape index (κ2) is 7.00. The van der Waals surface area contributed by atoms with Gasteiger partial charge in [0.2, 0.25) is 0 Å².